The van der Waals surface area contributed by atoms with Crippen LogP contribution in [0.4, 0.5) is 5.69 Å². The Balaban J connectivity index is 1.97. The Labute approximate surface area is 126 Å². The number of amides is 1. The molecule has 2 aromatic rings. The molecule has 1 aromatic carbocycles. The number of rotatable bonds is 6. The van der Waals surface area contributed by atoms with Gasteiger partial charge in [-0.2, -0.15) is 0 Å². The Hall–Kier alpha value is -2.23. The largest absolute Gasteiger partial charge is 0.379 e. The fourth-order valence-corrected chi connectivity index (χ4v) is 2.04. The number of hydrogen-bond donors (Lipinski definition) is 2. The first-order valence-corrected chi connectivity index (χ1v) is 7.28. The lowest BCUT2D eigenvalue weighted by Gasteiger charge is -2.10. The summed E-state index contributed by atoms with van der Waals surface area (Å²) in [4.78, 5) is 12.0. The Kier molecular flexibility index (Phi) is 5.04. The molecule has 0 fully saturated rings. The highest BCUT2D eigenvalue weighted by Gasteiger charge is 2.06. The molecule has 2 rings (SSSR count). The van der Waals surface area contributed by atoms with E-state index < -0.39 is 0 Å². The summed E-state index contributed by atoms with van der Waals surface area (Å²) in [6, 6.07) is 11.7. The second kappa shape index (κ2) is 6.97. The van der Waals surface area contributed by atoms with Gasteiger partial charge in [-0.3, -0.25) is 4.79 Å². The fourth-order valence-electron chi connectivity index (χ4n) is 2.04. The van der Waals surface area contributed by atoms with E-state index in [-0.39, 0.29) is 5.91 Å². The van der Waals surface area contributed by atoms with Crippen LogP contribution in [0, 0.1) is 5.92 Å². The van der Waals surface area contributed by atoms with Gasteiger partial charge in [0.15, 0.2) is 0 Å². The van der Waals surface area contributed by atoms with Crippen molar-refractivity contribution in [2.45, 2.75) is 20.4 Å². The van der Waals surface area contributed by atoms with Crippen LogP contribution in [0.3, 0.4) is 0 Å². The van der Waals surface area contributed by atoms with Gasteiger partial charge in [0.05, 0.1) is 6.54 Å². The van der Waals surface area contributed by atoms with Gasteiger partial charge >= 0.3 is 0 Å². The van der Waals surface area contributed by atoms with Crippen LogP contribution in [0.5, 0.6) is 0 Å². The number of anilines is 1. The first-order chi connectivity index (χ1) is 10.1. The molecular formula is C17H23N3O. The van der Waals surface area contributed by atoms with E-state index >= 15 is 0 Å². The van der Waals surface area contributed by atoms with Crippen molar-refractivity contribution in [1.29, 1.82) is 0 Å². The predicted octanol–water partition coefficient (Wildman–Crippen LogP) is 3.02. The quantitative estimate of drug-likeness (QED) is 0.857. The van der Waals surface area contributed by atoms with Gasteiger partial charge in [0.25, 0.3) is 5.91 Å². The number of carbonyl (C=O) groups excluding carboxylic acids is 1. The summed E-state index contributed by atoms with van der Waals surface area (Å²) in [6.07, 6.45) is 2.02. The Morgan fingerprint density at radius 1 is 1.24 bits per heavy atom. The van der Waals surface area contributed by atoms with Crippen LogP contribution >= 0.6 is 0 Å². The van der Waals surface area contributed by atoms with Crippen LogP contribution in [-0.4, -0.2) is 17.0 Å². The minimum absolute atomic E-state index is 0.0220. The minimum Gasteiger partial charge on any atom is -0.379 e. The van der Waals surface area contributed by atoms with Gasteiger partial charge in [-0.1, -0.05) is 19.9 Å². The van der Waals surface area contributed by atoms with E-state index in [9.17, 15) is 4.79 Å². The van der Waals surface area contributed by atoms with Crippen LogP contribution in [0.1, 0.15) is 29.9 Å². The molecule has 0 bridgehead atoms. The molecule has 4 heteroatoms. The summed E-state index contributed by atoms with van der Waals surface area (Å²) in [5.41, 5.74) is 2.84. The zero-order valence-electron chi connectivity index (χ0n) is 12.9. The zero-order valence-corrected chi connectivity index (χ0v) is 12.9. The Morgan fingerprint density at radius 2 is 2.05 bits per heavy atom. The van der Waals surface area contributed by atoms with Crippen molar-refractivity contribution in [3.05, 3.63) is 53.9 Å². The standard InChI is InChI=1S/C17H23N3O/c1-13(2)11-19-17(21)14-6-4-7-15(10-14)18-12-16-8-5-9-20(16)3/h4-10,13,18H,11-12H2,1-3H3,(H,19,21). The van der Waals surface area contributed by atoms with E-state index in [1.165, 1.54) is 5.69 Å². The smallest absolute Gasteiger partial charge is 0.251 e. The predicted molar refractivity (Wildman–Crippen MR) is 86.4 cm³/mol. The monoisotopic (exact) mass is 285 g/mol. The average molecular weight is 285 g/mol. The van der Waals surface area contributed by atoms with E-state index in [0.717, 1.165) is 12.2 Å². The highest BCUT2D eigenvalue weighted by molar-refractivity contribution is 5.95. The molecule has 0 saturated carbocycles. The van der Waals surface area contributed by atoms with E-state index in [1.54, 1.807) is 0 Å². The Bertz CT molecular complexity index is 602. The highest BCUT2D eigenvalue weighted by atomic mass is 16.1. The van der Waals surface area contributed by atoms with Gasteiger partial charge in [-0.15, -0.1) is 0 Å². The summed E-state index contributed by atoms with van der Waals surface area (Å²) in [6.45, 7) is 5.59. The molecule has 1 heterocycles. The van der Waals surface area contributed by atoms with Crippen molar-refractivity contribution in [3.8, 4) is 0 Å². The molecule has 0 saturated heterocycles. The lowest BCUT2D eigenvalue weighted by Crippen LogP contribution is -2.27. The number of benzene rings is 1. The maximum Gasteiger partial charge on any atom is 0.251 e. The number of nitrogens with one attached hydrogen (secondary N) is 2. The van der Waals surface area contributed by atoms with Crippen LogP contribution in [0.2, 0.25) is 0 Å². The van der Waals surface area contributed by atoms with Crippen LogP contribution in [0.15, 0.2) is 42.6 Å². The van der Waals surface area contributed by atoms with Crippen LogP contribution in [0.25, 0.3) is 0 Å². The molecular weight excluding hydrogens is 262 g/mol. The highest BCUT2D eigenvalue weighted by Crippen LogP contribution is 2.12. The Morgan fingerprint density at radius 3 is 2.71 bits per heavy atom. The second-order valence-corrected chi connectivity index (χ2v) is 5.65. The van der Waals surface area contributed by atoms with Crippen LogP contribution in [-0.2, 0) is 13.6 Å². The lowest BCUT2D eigenvalue weighted by atomic mass is 10.1. The van der Waals surface area contributed by atoms with Gasteiger partial charge in [0.2, 0.25) is 0 Å². The van der Waals surface area contributed by atoms with Crippen molar-refractivity contribution in [3.63, 3.8) is 0 Å². The summed E-state index contributed by atoms with van der Waals surface area (Å²) >= 11 is 0. The first-order valence-electron chi connectivity index (χ1n) is 7.28. The van der Waals surface area contributed by atoms with Gasteiger partial charge in [-0.25, -0.2) is 0 Å². The van der Waals surface area contributed by atoms with Gasteiger partial charge in [0, 0.05) is 36.7 Å². The van der Waals surface area contributed by atoms with E-state index in [1.807, 2.05) is 43.6 Å². The molecule has 1 aromatic heterocycles. The zero-order chi connectivity index (χ0) is 15.2. The fraction of sp³-hybridized carbons (Fsp3) is 0.353. The first kappa shape index (κ1) is 15.2. The van der Waals surface area contributed by atoms with Crippen molar-refractivity contribution in [2.75, 3.05) is 11.9 Å². The third kappa shape index (κ3) is 4.38. The topological polar surface area (TPSA) is 46.1 Å². The number of carbonyl (C=O) groups is 1. The van der Waals surface area contributed by atoms with Crippen molar-refractivity contribution < 1.29 is 4.79 Å². The molecule has 4 nitrogen and oxygen atoms in total. The molecule has 21 heavy (non-hydrogen) atoms. The molecule has 2 N–H and O–H groups in total. The van der Waals surface area contributed by atoms with Gasteiger partial charge in [0.1, 0.15) is 0 Å². The van der Waals surface area contributed by atoms with Gasteiger partial charge in [-0.05, 0) is 36.2 Å². The molecule has 0 aliphatic heterocycles. The summed E-state index contributed by atoms with van der Waals surface area (Å²) in [5.74, 6) is 0.429. The van der Waals surface area contributed by atoms with Crippen LogP contribution < -0.4 is 10.6 Å². The molecule has 0 unspecified atom stereocenters. The summed E-state index contributed by atoms with van der Waals surface area (Å²) < 4.78 is 2.08. The molecule has 1 amide bonds. The number of aryl methyl sites for hydroxylation is 1. The van der Waals surface area contributed by atoms with E-state index in [4.69, 9.17) is 0 Å². The van der Waals surface area contributed by atoms with Crippen molar-refractivity contribution in [2.24, 2.45) is 13.0 Å². The number of hydrogen-bond acceptors (Lipinski definition) is 2. The minimum atomic E-state index is -0.0220. The normalized spacial score (nSPS) is 10.7. The molecule has 0 radical (unpaired) electrons. The molecule has 112 valence electrons. The van der Waals surface area contributed by atoms with E-state index in [0.29, 0.717) is 18.0 Å². The van der Waals surface area contributed by atoms with Crippen molar-refractivity contribution >= 4 is 11.6 Å². The maximum absolute atomic E-state index is 12.0. The third-order valence-electron chi connectivity index (χ3n) is 3.32. The molecule has 0 aliphatic rings. The lowest BCUT2D eigenvalue weighted by molar-refractivity contribution is 0.0949. The molecule has 0 atom stereocenters. The summed E-state index contributed by atoms with van der Waals surface area (Å²) in [7, 11) is 2.02. The average Bonchev–Trinajstić information content (AvgIpc) is 2.88. The SMILES string of the molecule is CC(C)CNC(=O)c1cccc(NCc2cccn2C)c1. The number of nitrogens with zero attached hydrogens (tertiary/aromatic N) is 1. The third-order valence-corrected chi connectivity index (χ3v) is 3.32. The summed E-state index contributed by atoms with van der Waals surface area (Å²) in [5, 5.41) is 6.28. The maximum atomic E-state index is 12.0. The molecule has 0 aliphatic carbocycles. The van der Waals surface area contributed by atoms with Gasteiger partial charge < -0.3 is 15.2 Å². The number of aromatic nitrogens is 1. The van der Waals surface area contributed by atoms with Crippen molar-refractivity contribution in [1.82, 2.24) is 9.88 Å². The molecule has 0 spiro atoms. The second-order valence-electron chi connectivity index (χ2n) is 5.65. The van der Waals surface area contributed by atoms with E-state index in [2.05, 4.69) is 35.1 Å².